The molecule has 0 aliphatic carbocycles. The zero-order valence-electron chi connectivity index (χ0n) is 12.4. The van der Waals surface area contributed by atoms with Crippen LogP contribution in [0, 0.1) is 5.82 Å². The summed E-state index contributed by atoms with van der Waals surface area (Å²) in [7, 11) is -4.00. The first-order chi connectivity index (χ1) is 11.5. The minimum Gasteiger partial charge on any atom is -0.459 e. The van der Waals surface area contributed by atoms with E-state index in [1.807, 2.05) is 0 Å². The molecule has 8 heteroatoms. The molecule has 0 fully saturated rings. The normalized spacial score (nSPS) is 11.4. The Balaban J connectivity index is 2.10. The summed E-state index contributed by atoms with van der Waals surface area (Å²) in [5.74, 6) is -0.259. The second-order valence-electron chi connectivity index (χ2n) is 4.76. The second-order valence-corrected chi connectivity index (χ2v) is 6.62. The van der Waals surface area contributed by atoms with Crippen molar-refractivity contribution in [3.63, 3.8) is 0 Å². The van der Waals surface area contributed by atoms with Crippen molar-refractivity contribution in [1.82, 2.24) is 4.98 Å². The Morgan fingerprint density at radius 3 is 2.62 bits per heavy atom. The van der Waals surface area contributed by atoms with E-state index in [-0.39, 0.29) is 34.0 Å². The van der Waals surface area contributed by atoms with Crippen LogP contribution >= 0.6 is 0 Å². The van der Waals surface area contributed by atoms with Gasteiger partial charge in [-0.05, 0) is 36.4 Å². The lowest BCUT2D eigenvalue weighted by Gasteiger charge is -2.04. The van der Waals surface area contributed by atoms with E-state index >= 15 is 0 Å². The molecule has 124 valence electrons. The van der Waals surface area contributed by atoms with E-state index in [0.717, 1.165) is 12.1 Å². The van der Waals surface area contributed by atoms with Crippen LogP contribution in [0.1, 0.15) is 0 Å². The molecule has 3 aromatic rings. The first-order valence-electron chi connectivity index (χ1n) is 6.92. The first kappa shape index (κ1) is 16.0. The molecule has 3 rings (SSSR count). The maximum absolute atomic E-state index is 13.0. The lowest BCUT2D eigenvalue weighted by Crippen LogP contribution is -2.07. The lowest BCUT2D eigenvalue weighted by atomic mass is 10.4. The van der Waals surface area contributed by atoms with Crippen LogP contribution in [0.4, 0.5) is 10.3 Å². The van der Waals surface area contributed by atoms with Crippen molar-refractivity contribution in [2.45, 2.75) is 9.92 Å². The highest BCUT2D eigenvalue weighted by Crippen LogP contribution is 2.32. The molecular weight excluding hydrogens is 335 g/mol. The molecule has 2 heterocycles. The quantitative estimate of drug-likeness (QED) is 0.542. The van der Waals surface area contributed by atoms with E-state index in [0.29, 0.717) is 0 Å². The summed E-state index contributed by atoms with van der Waals surface area (Å²) in [5.41, 5.74) is 0. The predicted molar refractivity (Wildman–Crippen MR) is 84.7 cm³/mol. The average Bonchev–Trinajstić information content (AvgIpc) is 3.22. The number of nitrogens with zero attached hydrogens (tertiary/aromatic N) is 1. The molecule has 0 atom stereocenters. The lowest BCUT2D eigenvalue weighted by molar-refractivity contribution is 0.523. The minimum atomic E-state index is -4.00. The minimum absolute atomic E-state index is 0.0206. The topological polar surface area (TPSA) is 85.3 Å². The largest absolute Gasteiger partial charge is 0.459 e. The van der Waals surface area contributed by atoms with E-state index < -0.39 is 15.7 Å². The molecule has 0 aliphatic heterocycles. The summed E-state index contributed by atoms with van der Waals surface area (Å²) < 4.78 is 49.2. The highest BCUT2D eigenvalue weighted by Gasteiger charge is 2.29. The van der Waals surface area contributed by atoms with Gasteiger partial charge in [0, 0.05) is 6.54 Å². The van der Waals surface area contributed by atoms with Crippen LogP contribution in [0.5, 0.6) is 0 Å². The monoisotopic (exact) mass is 348 g/mol. The maximum Gasteiger partial charge on any atom is 0.266 e. The Kier molecular flexibility index (Phi) is 4.22. The number of benzene rings is 1. The highest BCUT2D eigenvalue weighted by molar-refractivity contribution is 7.91. The zero-order chi connectivity index (χ0) is 17.2. The van der Waals surface area contributed by atoms with Crippen molar-refractivity contribution >= 4 is 15.7 Å². The summed E-state index contributed by atoms with van der Waals surface area (Å²) in [4.78, 5) is 3.94. The number of furan rings is 1. The van der Waals surface area contributed by atoms with Gasteiger partial charge in [0.15, 0.2) is 5.76 Å². The number of halogens is 1. The van der Waals surface area contributed by atoms with Gasteiger partial charge in [-0.2, -0.15) is 4.98 Å². The van der Waals surface area contributed by atoms with Gasteiger partial charge in [0.25, 0.3) is 5.89 Å². The number of sulfone groups is 1. The standard InChI is InChI=1S/C16H13FN2O4S/c1-2-9-18-15-16(19-14(23-15)13-4-3-10-22-13)24(20,21)12-7-5-11(17)6-8-12/h2-8,10,18H,1,9H2. The fourth-order valence-electron chi connectivity index (χ4n) is 2.00. The van der Waals surface area contributed by atoms with Gasteiger partial charge in [-0.1, -0.05) is 6.08 Å². The van der Waals surface area contributed by atoms with Crippen LogP contribution in [-0.4, -0.2) is 19.9 Å². The maximum atomic E-state index is 13.0. The van der Waals surface area contributed by atoms with Crippen LogP contribution in [-0.2, 0) is 9.84 Å². The van der Waals surface area contributed by atoms with Gasteiger partial charge in [0.2, 0.25) is 20.7 Å². The van der Waals surface area contributed by atoms with Crippen molar-refractivity contribution in [2.75, 3.05) is 11.9 Å². The molecule has 0 bridgehead atoms. The summed E-state index contributed by atoms with van der Waals surface area (Å²) >= 11 is 0. The smallest absolute Gasteiger partial charge is 0.266 e. The Labute approximate surface area is 137 Å². The van der Waals surface area contributed by atoms with Gasteiger partial charge < -0.3 is 14.2 Å². The molecule has 0 aliphatic rings. The number of hydrogen-bond donors (Lipinski definition) is 1. The fraction of sp³-hybridized carbons (Fsp3) is 0.0625. The molecule has 1 N–H and O–H groups in total. The first-order valence-corrected chi connectivity index (χ1v) is 8.41. The molecule has 1 aromatic carbocycles. The van der Waals surface area contributed by atoms with Gasteiger partial charge in [-0.15, -0.1) is 6.58 Å². The van der Waals surface area contributed by atoms with Crippen LogP contribution < -0.4 is 5.32 Å². The van der Waals surface area contributed by atoms with Crippen molar-refractivity contribution in [3.05, 3.63) is 61.1 Å². The molecule has 6 nitrogen and oxygen atoms in total. The van der Waals surface area contributed by atoms with Gasteiger partial charge in [-0.3, -0.25) is 0 Å². The molecule has 24 heavy (non-hydrogen) atoms. The fourth-order valence-corrected chi connectivity index (χ4v) is 3.27. The summed E-state index contributed by atoms with van der Waals surface area (Å²) in [6.07, 6.45) is 2.97. The SMILES string of the molecule is C=CCNc1oc(-c2ccco2)nc1S(=O)(=O)c1ccc(F)cc1. The number of rotatable bonds is 6. The second kappa shape index (κ2) is 6.32. The van der Waals surface area contributed by atoms with Gasteiger partial charge in [-0.25, -0.2) is 12.8 Å². The van der Waals surface area contributed by atoms with Crippen molar-refractivity contribution in [1.29, 1.82) is 0 Å². The van der Waals surface area contributed by atoms with Crippen molar-refractivity contribution in [3.8, 4) is 11.7 Å². The van der Waals surface area contributed by atoms with Crippen LogP contribution in [0.2, 0.25) is 0 Å². The van der Waals surface area contributed by atoms with Gasteiger partial charge in [0.05, 0.1) is 11.2 Å². The van der Waals surface area contributed by atoms with E-state index in [2.05, 4.69) is 16.9 Å². The summed E-state index contributed by atoms with van der Waals surface area (Å²) in [6, 6.07) is 7.70. The zero-order valence-corrected chi connectivity index (χ0v) is 13.2. The van der Waals surface area contributed by atoms with Crippen LogP contribution in [0.15, 0.2) is 74.1 Å². The van der Waals surface area contributed by atoms with Crippen LogP contribution in [0.3, 0.4) is 0 Å². The average molecular weight is 348 g/mol. The molecule has 0 unspecified atom stereocenters. The van der Waals surface area contributed by atoms with Crippen LogP contribution in [0.25, 0.3) is 11.7 Å². The molecule has 0 radical (unpaired) electrons. The van der Waals surface area contributed by atoms with E-state index in [9.17, 15) is 12.8 Å². The third-order valence-corrected chi connectivity index (χ3v) is 4.79. The molecule has 0 saturated heterocycles. The Morgan fingerprint density at radius 1 is 1.25 bits per heavy atom. The summed E-state index contributed by atoms with van der Waals surface area (Å²) in [6.45, 7) is 3.83. The Morgan fingerprint density at radius 2 is 2.00 bits per heavy atom. The van der Waals surface area contributed by atoms with Gasteiger partial charge in [0.1, 0.15) is 5.82 Å². The number of oxazole rings is 1. The third-order valence-electron chi connectivity index (χ3n) is 3.11. The summed E-state index contributed by atoms with van der Waals surface area (Å²) in [5, 5.41) is 2.49. The number of aromatic nitrogens is 1. The van der Waals surface area contributed by atoms with Crippen molar-refractivity contribution in [2.24, 2.45) is 0 Å². The molecule has 0 saturated carbocycles. The molecule has 0 spiro atoms. The molecule has 2 aromatic heterocycles. The molecule has 0 amide bonds. The van der Waals surface area contributed by atoms with Gasteiger partial charge >= 0.3 is 0 Å². The van der Waals surface area contributed by atoms with E-state index in [1.54, 1.807) is 18.2 Å². The highest BCUT2D eigenvalue weighted by atomic mass is 32.2. The van der Waals surface area contributed by atoms with Crippen molar-refractivity contribution < 1.29 is 21.6 Å². The Hall–Kier alpha value is -2.87. The predicted octanol–water partition coefficient (Wildman–Crippen LogP) is 3.50. The number of anilines is 1. The molecular formula is C16H13FN2O4S. The van der Waals surface area contributed by atoms with E-state index in [4.69, 9.17) is 8.83 Å². The third kappa shape index (κ3) is 2.95. The number of hydrogen-bond acceptors (Lipinski definition) is 6. The van der Waals surface area contributed by atoms with E-state index in [1.165, 1.54) is 18.4 Å². The number of nitrogens with one attached hydrogen (secondary N) is 1. The Bertz CT molecular complexity index is 945.